The lowest BCUT2D eigenvalue weighted by Crippen LogP contribution is -2.48. The predicted molar refractivity (Wildman–Crippen MR) is 151 cm³/mol. The van der Waals surface area contributed by atoms with Crippen LogP contribution in [0.3, 0.4) is 0 Å². The van der Waals surface area contributed by atoms with E-state index in [1.165, 1.54) is 62.8 Å². The monoisotopic (exact) mass is 514 g/mol. The standard InChI is InChI=1S/C29H38N8O/c1-34-28(38)19-26(25-9-12-30-21-32-25)33-29(34)37-18-13-31-27(20-37)22-5-7-23(8-6-22)36-16-10-24(11-17-36)35-14-3-2-4-15-35/h5-9,12,19,21,24,27,31H,2-4,10-11,13-18,20H2,1H3/t27-/m1/s1. The summed E-state index contributed by atoms with van der Waals surface area (Å²) in [6.07, 6.45) is 9.82. The average molecular weight is 515 g/mol. The van der Waals surface area contributed by atoms with Gasteiger partial charge in [-0.3, -0.25) is 9.36 Å². The van der Waals surface area contributed by atoms with E-state index in [1.807, 2.05) is 0 Å². The number of hydrogen-bond acceptors (Lipinski definition) is 8. The van der Waals surface area contributed by atoms with Crippen molar-refractivity contribution in [1.29, 1.82) is 0 Å². The largest absolute Gasteiger partial charge is 0.371 e. The summed E-state index contributed by atoms with van der Waals surface area (Å²) in [5.74, 6) is 0.672. The molecule has 1 N–H and O–H groups in total. The van der Waals surface area contributed by atoms with Gasteiger partial charge in [-0.2, -0.15) is 0 Å². The number of piperidine rings is 2. The first kappa shape index (κ1) is 25.0. The number of hydrogen-bond donors (Lipinski definition) is 1. The van der Waals surface area contributed by atoms with Gasteiger partial charge in [-0.15, -0.1) is 0 Å². The van der Waals surface area contributed by atoms with E-state index in [4.69, 9.17) is 4.98 Å². The fraction of sp³-hybridized carbons (Fsp3) is 0.517. The second-order valence-corrected chi connectivity index (χ2v) is 10.8. The first-order valence-electron chi connectivity index (χ1n) is 14.1. The molecule has 5 heterocycles. The quantitative estimate of drug-likeness (QED) is 0.557. The van der Waals surface area contributed by atoms with Crippen LogP contribution in [-0.4, -0.2) is 76.3 Å². The molecule has 9 nitrogen and oxygen atoms in total. The van der Waals surface area contributed by atoms with Crippen LogP contribution in [0.15, 0.2) is 53.7 Å². The van der Waals surface area contributed by atoms with Crippen molar-refractivity contribution in [1.82, 2.24) is 29.7 Å². The molecule has 2 aromatic heterocycles. The van der Waals surface area contributed by atoms with Crippen molar-refractivity contribution in [2.45, 2.75) is 44.2 Å². The van der Waals surface area contributed by atoms with Gasteiger partial charge in [0.05, 0.1) is 11.4 Å². The van der Waals surface area contributed by atoms with Gasteiger partial charge in [-0.1, -0.05) is 18.6 Å². The summed E-state index contributed by atoms with van der Waals surface area (Å²) in [6.45, 7) is 7.21. The SMILES string of the molecule is Cn1c(N2CCN[C@@H](c3ccc(N4CCC(N5CCCCC5)CC4)cc3)C2)nc(-c2ccncn2)cc1=O. The minimum atomic E-state index is -0.0906. The van der Waals surface area contributed by atoms with Gasteiger partial charge in [-0.25, -0.2) is 15.0 Å². The summed E-state index contributed by atoms with van der Waals surface area (Å²) in [6, 6.07) is 13.3. The van der Waals surface area contributed by atoms with Crippen LogP contribution in [0.2, 0.25) is 0 Å². The molecule has 3 aliphatic rings. The molecule has 0 aliphatic carbocycles. The number of nitrogens with zero attached hydrogens (tertiary/aromatic N) is 7. The van der Waals surface area contributed by atoms with Crippen LogP contribution in [0.1, 0.15) is 43.7 Å². The molecule has 3 aromatic rings. The van der Waals surface area contributed by atoms with Crippen LogP contribution >= 0.6 is 0 Å². The van der Waals surface area contributed by atoms with Crippen molar-refractivity contribution in [2.24, 2.45) is 7.05 Å². The number of anilines is 2. The van der Waals surface area contributed by atoms with Crippen LogP contribution in [0, 0.1) is 0 Å². The molecule has 0 amide bonds. The van der Waals surface area contributed by atoms with Crippen molar-refractivity contribution in [3.8, 4) is 11.4 Å². The van der Waals surface area contributed by atoms with Gasteiger partial charge in [0, 0.05) is 69.8 Å². The van der Waals surface area contributed by atoms with E-state index in [0.717, 1.165) is 38.8 Å². The van der Waals surface area contributed by atoms with Crippen molar-refractivity contribution < 1.29 is 0 Å². The van der Waals surface area contributed by atoms with Gasteiger partial charge in [-0.05, 0) is 62.5 Å². The highest BCUT2D eigenvalue weighted by molar-refractivity contribution is 5.55. The lowest BCUT2D eigenvalue weighted by Gasteiger charge is -2.41. The molecule has 6 rings (SSSR count). The summed E-state index contributed by atoms with van der Waals surface area (Å²) in [5, 5.41) is 3.66. The van der Waals surface area contributed by atoms with Gasteiger partial charge in [0.2, 0.25) is 5.95 Å². The van der Waals surface area contributed by atoms with Crippen LogP contribution in [-0.2, 0) is 7.05 Å². The lowest BCUT2D eigenvalue weighted by molar-refractivity contribution is 0.141. The Hall–Kier alpha value is -3.30. The first-order valence-corrected chi connectivity index (χ1v) is 14.1. The maximum Gasteiger partial charge on any atom is 0.255 e. The molecular weight excluding hydrogens is 476 g/mol. The van der Waals surface area contributed by atoms with E-state index in [-0.39, 0.29) is 11.6 Å². The Labute approximate surface area is 224 Å². The Balaban J connectivity index is 1.12. The fourth-order valence-corrected chi connectivity index (χ4v) is 6.23. The molecule has 9 heteroatoms. The zero-order chi connectivity index (χ0) is 25.9. The highest BCUT2D eigenvalue weighted by Gasteiger charge is 2.27. The summed E-state index contributed by atoms with van der Waals surface area (Å²) in [7, 11) is 1.79. The zero-order valence-corrected chi connectivity index (χ0v) is 22.3. The number of aromatic nitrogens is 4. The molecule has 0 saturated carbocycles. The number of nitrogens with one attached hydrogen (secondary N) is 1. The highest BCUT2D eigenvalue weighted by Crippen LogP contribution is 2.27. The van der Waals surface area contributed by atoms with Crippen molar-refractivity contribution >= 4 is 11.6 Å². The lowest BCUT2D eigenvalue weighted by atomic mass is 9.99. The maximum atomic E-state index is 12.8. The van der Waals surface area contributed by atoms with E-state index in [1.54, 1.807) is 29.9 Å². The van der Waals surface area contributed by atoms with Crippen molar-refractivity contribution in [2.75, 3.05) is 55.6 Å². The Morgan fingerprint density at radius 1 is 0.895 bits per heavy atom. The molecular formula is C29H38N8O. The smallest absolute Gasteiger partial charge is 0.255 e. The minimum Gasteiger partial charge on any atom is -0.371 e. The molecule has 0 spiro atoms. The van der Waals surface area contributed by atoms with E-state index in [9.17, 15) is 4.79 Å². The summed E-state index contributed by atoms with van der Waals surface area (Å²) in [4.78, 5) is 33.3. The molecule has 200 valence electrons. The topological polar surface area (TPSA) is 82.4 Å². The molecule has 3 saturated heterocycles. The van der Waals surface area contributed by atoms with Crippen LogP contribution in [0.5, 0.6) is 0 Å². The van der Waals surface area contributed by atoms with Gasteiger partial charge in [0.15, 0.2) is 0 Å². The second kappa shape index (κ2) is 11.2. The molecule has 1 aromatic carbocycles. The molecule has 0 unspecified atom stereocenters. The molecule has 0 bridgehead atoms. The molecule has 0 radical (unpaired) electrons. The van der Waals surface area contributed by atoms with Crippen LogP contribution in [0.25, 0.3) is 11.4 Å². The number of likely N-dealkylation sites (tertiary alicyclic amines) is 1. The molecule has 3 aliphatic heterocycles. The normalized spacial score (nSPS) is 21.6. The second-order valence-electron chi connectivity index (χ2n) is 10.8. The summed E-state index contributed by atoms with van der Waals surface area (Å²) >= 11 is 0. The zero-order valence-electron chi connectivity index (χ0n) is 22.3. The fourth-order valence-electron chi connectivity index (χ4n) is 6.23. The Bertz CT molecular complexity index is 1260. The van der Waals surface area contributed by atoms with Gasteiger partial charge in [0.1, 0.15) is 6.33 Å². The molecule has 3 fully saturated rings. The summed E-state index contributed by atoms with van der Waals surface area (Å²) < 4.78 is 1.63. The number of piperazine rings is 1. The van der Waals surface area contributed by atoms with E-state index >= 15 is 0 Å². The third-order valence-electron chi connectivity index (χ3n) is 8.45. The maximum absolute atomic E-state index is 12.8. The summed E-state index contributed by atoms with van der Waals surface area (Å²) in [5.41, 5.74) is 3.72. The van der Waals surface area contributed by atoms with E-state index in [2.05, 4.69) is 54.2 Å². The van der Waals surface area contributed by atoms with Crippen molar-refractivity contribution in [3.05, 3.63) is 64.8 Å². The van der Waals surface area contributed by atoms with Gasteiger partial charge in [0.25, 0.3) is 5.56 Å². The van der Waals surface area contributed by atoms with Crippen LogP contribution < -0.4 is 20.7 Å². The Morgan fingerprint density at radius 3 is 2.42 bits per heavy atom. The minimum absolute atomic E-state index is 0.0906. The van der Waals surface area contributed by atoms with E-state index < -0.39 is 0 Å². The Morgan fingerprint density at radius 2 is 1.68 bits per heavy atom. The number of benzene rings is 1. The number of rotatable bonds is 5. The Kier molecular flexibility index (Phi) is 7.38. The third-order valence-corrected chi connectivity index (χ3v) is 8.45. The van der Waals surface area contributed by atoms with Gasteiger partial charge >= 0.3 is 0 Å². The molecule has 1 atom stereocenters. The predicted octanol–water partition coefficient (Wildman–Crippen LogP) is 2.84. The molecule has 38 heavy (non-hydrogen) atoms. The van der Waals surface area contributed by atoms with Crippen molar-refractivity contribution in [3.63, 3.8) is 0 Å². The van der Waals surface area contributed by atoms with Gasteiger partial charge < -0.3 is 20.0 Å². The van der Waals surface area contributed by atoms with Crippen LogP contribution in [0.4, 0.5) is 11.6 Å². The average Bonchev–Trinajstić information content (AvgIpc) is 2.99. The van der Waals surface area contributed by atoms with E-state index in [0.29, 0.717) is 17.3 Å². The third kappa shape index (κ3) is 5.31. The first-order chi connectivity index (χ1) is 18.7. The highest BCUT2D eigenvalue weighted by atomic mass is 16.1.